The van der Waals surface area contributed by atoms with Crippen molar-refractivity contribution in [3.63, 3.8) is 0 Å². The standard InChI is InChI=1S/C32H43N5O5S/c1-4-22-42-27-14-10-25(11-15-27)33-29(38)23-28-30(39)37(26-12-8-24(9-13-26)31(40)41-6-3)32(43)36(28)17-7-16-35-20-18-34(5-2)19-21-35/h8-15,28H,4-7,16-23H2,1-3H3,(H,33,38)/t28-/m1/s1. The summed E-state index contributed by atoms with van der Waals surface area (Å²) < 4.78 is 10.7. The van der Waals surface area contributed by atoms with Gasteiger partial charge in [-0.3, -0.25) is 14.5 Å². The van der Waals surface area contributed by atoms with Crippen molar-refractivity contribution in [2.75, 3.05) is 69.2 Å². The summed E-state index contributed by atoms with van der Waals surface area (Å²) >= 11 is 5.83. The van der Waals surface area contributed by atoms with Gasteiger partial charge in [-0.25, -0.2) is 4.79 Å². The van der Waals surface area contributed by atoms with Crippen LogP contribution in [0.5, 0.6) is 5.75 Å². The van der Waals surface area contributed by atoms with Crippen LogP contribution in [0.15, 0.2) is 48.5 Å². The average Bonchev–Trinajstić information content (AvgIpc) is 3.25. The molecule has 232 valence electrons. The molecule has 0 aliphatic carbocycles. The Labute approximate surface area is 259 Å². The van der Waals surface area contributed by atoms with Crippen LogP contribution in [0.25, 0.3) is 0 Å². The van der Waals surface area contributed by atoms with E-state index in [0.29, 0.717) is 35.2 Å². The van der Waals surface area contributed by atoms with Crippen molar-refractivity contribution in [3.05, 3.63) is 54.1 Å². The van der Waals surface area contributed by atoms with Gasteiger partial charge in [0.15, 0.2) is 5.11 Å². The van der Waals surface area contributed by atoms with Gasteiger partial charge >= 0.3 is 5.97 Å². The first-order chi connectivity index (χ1) is 20.8. The lowest BCUT2D eigenvalue weighted by molar-refractivity contribution is -0.124. The molecule has 2 aliphatic rings. The molecule has 2 heterocycles. The molecule has 1 atom stereocenters. The molecule has 0 aromatic heterocycles. The number of piperazine rings is 1. The second-order valence-corrected chi connectivity index (χ2v) is 11.1. The number of nitrogens with one attached hydrogen (secondary N) is 1. The van der Waals surface area contributed by atoms with E-state index in [0.717, 1.165) is 57.9 Å². The van der Waals surface area contributed by atoms with Crippen molar-refractivity contribution in [2.45, 2.75) is 46.1 Å². The Morgan fingerprint density at radius 1 is 0.930 bits per heavy atom. The largest absolute Gasteiger partial charge is 0.494 e. The Bertz CT molecular complexity index is 1250. The number of likely N-dealkylation sites (N-methyl/N-ethyl adjacent to an activating group) is 1. The third-order valence-electron chi connectivity index (χ3n) is 7.73. The van der Waals surface area contributed by atoms with Gasteiger partial charge in [0.05, 0.1) is 30.9 Å². The Balaban J connectivity index is 1.45. The lowest BCUT2D eigenvalue weighted by Crippen LogP contribution is -2.47. The molecule has 4 rings (SSSR count). The minimum absolute atomic E-state index is 0.0420. The number of thiocarbonyl (C=S) groups is 1. The van der Waals surface area contributed by atoms with Crippen LogP contribution >= 0.6 is 12.2 Å². The van der Waals surface area contributed by atoms with Crippen LogP contribution in [0.4, 0.5) is 11.4 Å². The molecule has 10 nitrogen and oxygen atoms in total. The predicted octanol–water partition coefficient (Wildman–Crippen LogP) is 4.01. The van der Waals surface area contributed by atoms with E-state index in [1.807, 2.05) is 24.0 Å². The lowest BCUT2D eigenvalue weighted by atomic mass is 10.1. The van der Waals surface area contributed by atoms with Crippen LogP contribution in [0, 0.1) is 0 Å². The van der Waals surface area contributed by atoms with Gasteiger partial charge in [-0.15, -0.1) is 0 Å². The summed E-state index contributed by atoms with van der Waals surface area (Å²) in [6, 6.07) is 13.1. The van der Waals surface area contributed by atoms with E-state index in [-0.39, 0.29) is 24.8 Å². The van der Waals surface area contributed by atoms with Crippen LogP contribution < -0.4 is 15.0 Å². The Kier molecular flexibility index (Phi) is 11.9. The summed E-state index contributed by atoms with van der Waals surface area (Å²) in [7, 11) is 0. The number of anilines is 2. The molecule has 2 aliphatic heterocycles. The Hall–Kier alpha value is -3.54. The molecule has 11 heteroatoms. The normalized spacial score (nSPS) is 17.8. The fraction of sp³-hybridized carbons (Fsp3) is 0.500. The Morgan fingerprint density at radius 2 is 1.60 bits per heavy atom. The van der Waals surface area contributed by atoms with Crippen molar-refractivity contribution in [1.82, 2.24) is 14.7 Å². The molecule has 2 saturated heterocycles. The summed E-state index contributed by atoms with van der Waals surface area (Å²) in [6.07, 6.45) is 1.68. The van der Waals surface area contributed by atoms with E-state index in [9.17, 15) is 14.4 Å². The molecule has 2 aromatic carbocycles. The molecule has 2 aromatic rings. The molecule has 0 unspecified atom stereocenters. The molecular weight excluding hydrogens is 566 g/mol. The van der Waals surface area contributed by atoms with Gasteiger partial charge in [0.1, 0.15) is 11.8 Å². The number of carbonyl (C=O) groups excluding carboxylic acids is 3. The van der Waals surface area contributed by atoms with Crippen molar-refractivity contribution in [1.29, 1.82) is 0 Å². The van der Waals surface area contributed by atoms with Crippen LogP contribution in [0.2, 0.25) is 0 Å². The first-order valence-electron chi connectivity index (χ1n) is 15.2. The quantitative estimate of drug-likeness (QED) is 0.252. The van der Waals surface area contributed by atoms with Gasteiger partial charge in [-0.05, 0) is 93.6 Å². The van der Waals surface area contributed by atoms with E-state index >= 15 is 0 Å². The van der Waals surface area contributed by atoms with Crippen LogP contribution in [0.1, 0.15) is 50.4 Å². The maximum atomic E-state index is 13.8. The molecular formula is C32H43N5O5S. The lowest BCUT2D eigenvalue weighted by Gasteiger charge is -2.34. The number of hydrogen-bond donors (Lipinski definition) is 1. The molecule has 1 N–H and O–H groups in total. The maximum absolute atomic E-state index is 13.8. The summed E-state index contributed by atoms with van der Waals surface area (Å²) in [6.45, 7) is 13.5. The zero-order valence-corrected chi connectivity index (χ0v) is 26.2. The number of benzene rings is 2. The van der Waals surface area contributed by atoms with Crippen LogP contribution in [-0.4, -0.2) is 103 Å². The van der Waals surface area contributed by atoms with Gasteiger partial charge in [0, 0.05) is 38.4 Å². The van der Waals surface area contributed by atoms with Gasteiger partial charge in [-0.1, -0.05) is 13.8 Å². The third kappa shape index (κ3) is 8.52. The Morgan fingerprint density at radius 3 is 2.23 bits per heavy atom. The molecule has 0 spiro atoms. The number of carbonyl (C=O) groups is 3. The number of ether oxygens (including phenoxy) is 2. The molecule has 0 radical (unpaired) electrons. The number of hydrogen-bond acceptors (Lipinski definition) is 8. The fourth-order valence-electron chi connectivity index (χ4n) is 5.32. The first kappa shape index (κ1) is 32.4. The second kappa shape index (κ2) is 15.8. The highest BCUT2D eigenvalue weighted by Gasteiger charge is 2.44. The summed E-state index contributed by atoms with van der Waals surface area (Å²) in [5, 5.41) is 3.27. The van der Waals surface area contributed by atoms with E-state index < -0.39 is 12.0 Å². The van der Waals surface area contributed by atoms with Crippen molar-refractivity contribution >= 4 is 46.5 Å². The molecule has 0 bridgehead atoms. The van der Waals surface area contributed by atoms with Gasteiger partial charge in [0.2, 0.25) is 5.91 Å². The van der Waals surface area contributed by atoms with Gasteiger partial charge < -0.3 is 29.5 Å². The van der Waals surface area contributed by atoms with Gasteiger partial charge in [0.25, 0.3) is 5.91 Å². The van der Waals surface area contributed by atoms with E-state index in [1.54, 1.807) is 43.3 Å². The fourth-order valence-corrected chi connectivity index (χ4v) is 5.74. The average molecular weight is 610 g/mol. The number of rotatable bonds is 14. The highest BCUT2D eigenvalue weighted by molar-refractivity contribution is 7.80. The minimum Gasteiger partial charge on any atom is -0.494 e. The molecule has 2 amide bonds. The van der Waals surface area contributed by atoms with Gasteiger partial charge in [-0.2, -0.15) is 0 Å². The number of nitrogens with zero attached hydrogens (tertiary/aromatic N) is 4. The van der Waals surface area contributed by atoms with Crippen LogP contribution in [0.3, 0.4) is 0 Å². The predicted molar refractivity (Wildman–Crippen MR) is 172 cm³/mol. The van der Waals surface area contributed by atoms with E-state index in [1.165, 1.54) is 4.90 Å². The van der Waals surface area contributed by atoms with E-state index in [4.69, 9.17) is 21.7 Å². The third-order valence-corrected chi connectivity index (χ3v) is 8.15. The SMILES string of the molecule is CCCOc1ccc(NC(=O)C[C@@H]2C(=O)N(c3ccc(C(=O)OCC)cc3)C(=S)N2CCCN2CCN(CC)CC2)cc1. The van der Waals surface area contributed by atoms with E-state index in [2.05, 4.69) is 22.0 Å². The second-order valence-electron chi connectivity index (χ2n) is 10.7. The highest BCUT2D eigenvalue weighted by atomic mass is 32.1. The van der Waals surface area contributed by atoms with Crippen molar-refractivity contribution < 1.29 is 23.9 Å². The monoisotopic (exact) mass is 609 g/mol. The number of esters is 1. The number of amides is 2. The van der Waals surface area contributed by atoms with Crippen molar-refractivity contribution in [3.8, 4) is 5.75 Å². The highest BCUT2D eigenvalue weighted by Crippen LogP contribution is 2.28. The molecule has 43 heavy (non-hydrogen) atoms. The minimum atomic E-state index is -0.735. The summed E-state index contributed by atoms with van der Waals surface area (Å²) in [5.74, 6) is -0.221. The topological polar surface area (TPSA) is 94.7 Å². The first-order valence-corrected chi connectivity index (χ1v) is 15.6. The molecule has 2 fully saturated rings. The smallest absolute Gasteiger partial charge is 0.338 e. The van der Waals surface area contributed by atoms with Crippen LogP contribution in [-0.2, 0) is 14.3 Å². The molecule has 0 saturated carbocycles. The summed E-state index contributed by atoms with van der Waals surface area (Å²) in [4.78, 5) is 47.4. The zero-order valence-electron chi connectivity index (χ0n) is 25.4. The maximum Gasteiger partial charge on any atom is 0.338 e. The van der Waals surface area contributed by atoms with Crippen molar-refractivity contribution in [2.24, 2.45) is 0 Å². The summed E-state index contributed by atoms with van der Waals surface area (Å²) in [5.41, 5.74) is 1.57. The zero-order chi connectivity index (χ0) is 30.8.